The average molecular weight is 279 g/mol. The minimum Gasteiger partial charge on any atom is -0.497 e. The Kier molecular flexibility index (Phi) is 5.55. The van der Waals surface area contributed by atoms with E-state index in [4.69, 9.17) is 9.84 Å². The Morgan fingerprint density at radius 1 is 1.20 bits per heavy atom. The number of carboxylic acids is 1. The predicted molar refractivity (Wildman–Crippen MR) is 75.4 cm³/mol. The van der Waals surface area contributed by atoms with Crippen LogP contribution in [0, 0.1) is 11.8 Å². The first-order valence-corrected chi connectivity index (χ1v) is 6.47. The molecule has 0 fully saturated rings. The first-order valence-electron chi connectivity index (χ1n) is 6.47. The molecule has 5 heteroatoms. The van der Waals surface area contributed by atoms with Crippen LogP contribution in [-0.4, -0.2) is 36.0 Å². The fourth-order valence-corrected chi connectivity index (χ4v) is 1.86. The summed E-state index contributed by atoms with van der Waals surface area (Å²) in [7, 11) is 3.28. The van der Waals surface area contributed by atoms with Crippen LogP contribution in [0.15, 0.2) is 24.3 Å². The van der Waals surface area contributed by atoms with E-state index < -0.39 is 17.8 Å². The van der Waals surface area contributed by atoms with Gasteiger partial charge in [-0.15, -0.1) is 0 Å². The van der Waals surface area contributed by atoms with Gasteiger partial charge in [0, 0.05) is 19.5 Å². The molecule has 20 heavy (non-hydrogen) atoms. The molecule has 0 aliphatic heterocycles. The van der Waals surface area contributed by atoms with Crippen molar-refractivity contribution in [2.75, 3.05) is 14.2 Å². The quantitative estimate of drug-likeness (QED) is 0.865. The Balaban J connectivity index is 2.67. The fourth-order valence-electron chi connectivity index (χ4n) is 1.86. The number of rotatable bonds is 6. The summed E-state index contributed by atoms with van der Waals surface area (Å²) in [6.45, 7) is 3.64. The zero-order valence-electron chi connectivity index (χ0n) is 12.3. The van der Waals surface area contributed by atoms with Gasteiger partial charge in [0.05, 0.1) is 13.0 Å². The molecule has 0 aliphatic carbocycles. The van der Waals surface area contributed by atoms with E-state index in [0.717, 1.165) is 11.3 Å². The van der Waals surface area contributed by atoms with Crippen molar-refractivity contribution >= 4 is 11.9 Å². The van der Waals surface area contributed by atoms with Gasteiger partial charge in [0.15, 0.2) is 0 Å². The molecule has 1 rings (SSSR count). The highest BCUT2D eigenvalue weighted by Crippen LogP contribution is 2.17. The van der Waals surface area contributed by atoms with Crippen LogP contribution in [0.3, 0.4) is 0 Å². The third-order valence-corrected chi connectivity index (χ3v) is 3.48. The lowest BCUT2D eigenvalue weighted by Gasteiger charge is -2.23. The summed E-state index contributed by atoms with van der Waals surface area (Å²) >= 11 is 0. The number of carbonyl (C=O) groups excluding carboxylic acids is 1. The average Bonchev–Trinajstić information content (AvgIpc) is 2.45. The predicted octanol–water partition coefficient (Wildman–Crippen LogP) is 2.01. The monoisotopic (exact) mass is 279 g/mol. The van der Waals surface area contributed by atoms with Gasteiger partial charge in [-0.3, -0.25) is 9.59 Å². The summed E-state index contributed by atoms with van der Waals surface area (Å²) in [4.78, 5) is 24.6. The third kappa shape index (κ3) is 3.98. The smallest absolute Gasteiger partial charge is 0.307 e. The normalized spacial score (nSPS) is 13.4. The van der Waals surface area contributed by atoms with E-state index in [-0.39, 0.29) is 5.91 Å². The van der Waals surface area contributed by atoms with Crippen molar-refractivity contribution in [3.63, 3.8) is 0 Å². The van der Waals surface area contributed by atoms with Crippen molar-refractivity contribution < 1.29 is 19.4 Å². The van der Waals surface area contributed by atoms with E-state index >= 15 is 0 Å². The van der Waals surface area contributed by atoms with Crippen molar-refractivity contribution in [3.05, 3.63) is 29.8 Å². The summed E-state index contributed by atoms with van der Waals surface area (Å²) in [5.41, 5.74) is 0.969. The van der Waals surface area contributed by atoms with Crippen molar-refractivity contribution in [1.82, 2.24) is 4.90 Å². The van der Waals surface area contributed by atoms with Crippen LogP contribution in [0.5, 0.6) is 5.75 Å². The maximum absolute atomic E-state index is 12.2. The second-order valence-electron chi connectivity index (χ2n) is 4.96. The molecule has 1 aromatic carbocycles. The van der Waals surface area contributed by atoms with Crippen LogP contribution in [0.2, 0.25) is 0 Å². The second-order valence-corrected chi connectivity index (χ2v) is 4.96. The SMILES string of the molecule is COc1ccc(CN(C)C(=O)C(C)C(C)C(=O)O)cc1. The Bertz CT molecular complexity index is 469. The highest BCUT2D eigenvalue weighted by Gasteiger charge is 2.27. The van der Waals surface area contributed by atoms with Gasteiger partial charge in [0.1, 0.15) is 5.75 Å². The highest BCUT2D eigenvalue weighted by molar-refractivity contribution is 5.84. The molecule has 0 aromatic heterocycles. The molecular weight excluding hydrogens is 258 g/mol. The summed E-state index contributed by atoms with van der Waals surface area (Å²) in [5.74, 6) is -1.61. The summed E-state index contributed by atoms with van der Waals surface area (Å²) in [6.07, 6.45) is 0. The Morgan fingerprint density at radius 3 is 2.20 bits per heavy atom. The lowest BCUT2D eigenvalue weighted by atomic mass is 9.95. The zero-order valence-corrected chi connectivity index (χ0v) is 12.3. The summed E-state index contributed by atoms with van der Waals surface area (Å²) in [5, 5.41) is 8.95. The van der Waals surface area contributed by atoms with E-state index in [1.165, 1.54) is 0 Å². The molecule has 1 aromatic rings. The van der Waals surface area contributed by atoms with Crippen molar-refractivity contribution in [3.8, 4) is 5.75 Å². The molecule has 1 N–H and O–H groups in total. The Labute approximate surface area is 119 Å². The van der Waals surface area contributed by atoms with Crippen LogP contribution in [0.4, 0.5) is 0 Å². The minimum absolute atomic E-state index is 0.171. The third-order valence-electron chi connectivity index (χ3n) is 3.48. The maximum atomic E-state index is 12.2. The molecule has 2 unspecified atom stereocenters. The summed E-state index contributed by atoms with van der Waals surface area (Å²) < 4.78 is 5.07. The topological polar surface area (TPSA) is 66.8 Å². The van der Waals surface area contributed by atoms with Crippen molar-refractivity contribution in [2.24, 2.45) is 11.8 Å². The van der Waals surface area contributed by atoms with Gasteiger partial charge >= 0.3 is 5.97 Å². The molecule has 110 valence electrons. The van der Waals surface area contributed by atoms with E-state index in [0.29, 0.717) is 6.54 Å². The second kappa shape index (κ2) is 6.93. The van der Waals surface area contributed by atoms with Gasteiger partial charge in [-0.1, -0.05) is 26.0 Å². The number of amides is 1. The van der Waals surface area contributed by atoms with E-state index in [2.05, 4.69) is 0 Å². The van der Waals surface area contributed by atoms with E-state index in [1.54, 1.807) is 32.9 Å². The number of hydrogen-bond acceptors (Lipinski definition) is 3. The number of ether oxygens (including phenoxy) is 1. The number of hydrogen-bond donors (Lipinski definition) is 1. The van der Waals surface area contributed by atoms with Gasteiger partial charge in [-0.05, 0) is 17.7 Å². The first-order chi connectivity index (χ1) is 9.36. The van der Waals surface area contributed by atoms with Crippen LogP contribution in [0.1, 0.15) is 19.4 Å². The van der Waals surface area contributed by atoms with Crippen LogP contribution in [0.25, 0.3) is 0 Å². The number of benzene rings is 1. The maximum Gasteiger partial charge on any atom is 0.307 e. The lowest BCUT2D eigenvalue weighted by Crippen LogP contribution is -2.36. The van der Waals surface area contributed by atoms with Crippen LogP contribution >= 0.6 is 0 Å². The number of carbonyl (C=O) groups is 2. The number of nitrogens with zero attached hydrogens (tertiary/aromatic N) is 1. The molecule has 0 aliphatic rings. The highest BCUT2D eigenvalue weighted by atomic mass is 16.5. The molecule has 0 spiro atoms. The largest absolute Gasteiger partial charge is 0.497 e. The van der Waals surface area contributed by atoms with Crippen molar-refractivity contribution in [1.29, 1.82) is 0 Å². The van der Waals surface area contributed by atoms with E-state index in [1.807, 2.05) is 24.3 Å². The molecule has 0 heterocycles. The van der Waals surface area contributed by atoms with Gasteiger partial charge < -0.3 is 14.7 Å². The van der Waals surface area contributed by atoms with Crippen LogP contribution in [-0.2, 0) is 16.1 Å². The van der Waals surface area contributed by atoms with E-state index in [9.17, 15) is 9.59 Å². The zero-order chi connectivity index (χ0) is 15.3. The van der Waals surface area contributed by atoms with Crippen LogP contribution < -0.4 is 4.74 Å². The Morgan fingerprint density at radius 2 is 1.75 bits per heavy atom. The van der Waals surface area contributed by atoms with Gasteiger partial charge in [0.2, 0.25) is 5.91 Å². The molecular formula is C15H21NO4. The molecule has 2 atom stereocenters. The molecule has 1 amide bonds. The first kappa shape index (κ1) is 16.0. The number of methoxy groups -OCH3 is 1. The standard InChI is InChI=1S/C15H21NO4/c1-10(11(2)15(18)19)14(17)16(3)9-12-5-7-13(20-4)8-6-12/h5-8,10-11H,9H2,1-4H3,(H,18,19). The summed E-state index contributed by atoms with van der Waals surface area (Å²) in [6, 6.07) is 7.43. The fraction of sp³-hybridized carbons (Fsp3) is 0.467. The molecule has 0 saturated heterocycles. The Hall–Kier alpha value is -2.04. The minimum atomic E-state index is -0.955. The number of aliphatic carboxylic acids is 1. The lowest BCUT2D eigenvalue weighted by molar-refractivity contribution is -0.148. The number of carboxylic acid groups (broad SMARTS) is 1. The van der Waals surface area contributed by atoms with Gasteiger partial charge in [-0.2, -0.15) is 0 Å². The van der Waals surface area contributed by atoms with Gasteiger partial charge in [0.25, 0.3) is 0 Å². The molecule has 0 radical (unpaired) electrons. The molecule has 5 nitrogen and oxygen atoms in total. The molecule has 0 bridgehead atoms. The van der Waals surface area contributed by atoms with Crippen molar-refractivity contribution in [2.45, 2.75) is 20.4 Å². The van der Waals surface area contributed by atoms with Gasteiger partial charge in [-0.25, -0.2) is 0 Å². The molecule has 0 saturated carbocycles.